The lowest BCUT2D eigenvalue weighted by atomic mass is 10.1. The monoisotopic (exact) mass is 384 g/mol. The fourth-order valence-electron chi connectivity index (χ4n) is 2.44. The molecule has 3 aromatic rings. The van der Waals surface area contributed by atoms with Gasteiger partial charge in [0.25, 0.3) is 5.91 Å². The van der Waals surface area contributed by atoms with Gasteiger partial charge in [0, 0.05) is 16.1 Å². The number of methoxy groups -OCH3 is 2. The van der Waals surface area contributed by atoms with Gasteiger partial charge in [-0.3, -0.25) is 9.89 Å². The van der Waals surface area contributed by atoms with E-state index in [9.17, 15) is 4.79 Å². The Balaban J connectivity index is 1.70. The molecule has 2 aromatic carbocycles. The molecule has 0 bridgehead atoms. The maximum absolute atomic E-state index is 12.2. The summed E-state index contributed by atoms with van der Waals surface area (Å²) in [6.07, 6.45) is 1.48. The number of hydrogen-bond donors (Lipinski definition) is 2. The van der Waals surface area contributed by atoms with Crippen LogP contribution in [-0.2, 0) is 0 Å². The fraction of sp³-hybridized carbons (Fsp3) is 0.105. The van der Waals surface area contributed by atoms with Crippen molar-refractivity contribution < 1.29 is 14.3 Å². The van der Waals surface area contributed by atoms with Gasteiger partial charge in [0.2, 0.25) is 0 Å². The fourth-order valence-corrected chi connectivity index (χ4v) is 2.57. The molecule has 3 rings (SSSR count). The summed E-state index contributed by atoms with van der Waals surface area (Å²) in [4.78, 5) is 12.2. The lowest BCUT2D eigenvalue weighted by Crippen LogP contribution is -2.18. The Hall–Kier alpha value is -3.32. The Morgan fingerprint density at radius 3 is 2.67 bits per heavy atom. The van der Waals surface area contributed by atoms with Crippen LogP contribution in [0.15, 0.2) is 53.6 Å². The van der Waals surface area contributed by atoms with Crippen LogP contribution in [-0.4, -0.2) is 36.5 Å². The molecular weight excluding hydrogens is 368 g/mol. The maximum Gasteiger partial charge on any atom is 0.289 e. The van der Waals surface area contributed by atoms with Crippen LogP contribution in [0.3, 0.4) is 0 Å². The van der Waals surface area contributed by atoms with Crippen molar-refractivity contribution in [1.82, 2.24) is 15.6 Å². The normalized spacial score (nSPS) is 10.8. The zero-order chi connectivity index (χ0) is 19.2. The van der Waals surface area contributed by atoms with Crippen molar-refractivity contribution in [3.05, 3.63) is 64.8 Å². The highest BCUT2D eigenvalue weighted by atomic mass is 35.5. The van der Waals surface area contributed by atoms with Crippen molar-refractivity contribution in [3.8, 4) is 22.8 Å². The second kappa shape index (κ2) is 8.37. The van der Waals surface area contributed by atoms with Crippen molar-refractivity contribution in [3.63, 3.8) is 0 Å². The molecule has 0 saturated carbocycles. The summed E-state index contributed by atoms with van der Waals surface area (Å²) in [7, 11) is 3.09. The number of aromatic amines is 1. The first kappa shape index (κ1) is 18.5. The summed E-state index contributed by atoms with van der Waals surface area (Å²) in [5.74, 6) is 0.694. The van der Waals surface area contributed by atoms with E-state index in [1.807, 2.05) is 12.1 Å². The SMILES string of the molecule is COc1cccc(C=NNC(=O)c2cc(-c3ccc(Cl)cc3)n[nH]2)c1OC. The largest absolute Gasteiger partial charge is 0.493 e. The van der Waals surface area contributed by atoms with E-state index in [-0.39, 0.29) is 5.69 Å². The number of para-hydroxylation sites is 1. The van der Waals surface area contributed by atoms with E-state index in [0.717, 1.165) is 5.56 Å². The van der Waals surface area contributed by atoms with Gasteiger partial charge in [0.05, 0.1) is 26.1 Å². The Morgan fingerprint density at radius 1 is 1.19 bits per heavy atom. The molecule has 0 spiro atoms. The average molecular weight is 385 g/mol. The molecule has 7 nitrogen and oxygen atoms in total. The molecule has 138 valence electrons. The van der Waals surface area contributed by atoms with Gasteiger partial charge in [-0.05, 0) is 30.3 Å². The Kier molecular flexibility index (Phi) is 5.73. The predicted molar refractivity (Wildman–Crippen MR) is 104 cm³/mol. The Bertz CT molecular complexity index is 967. The average Bonchev–Trinajstić information content (AvgIpc) is 3.18. The molecule has 0 fully saturated rings. The molecule has 0 aliphatic heterocycles. The minimum Gasteiger partial charge on any atom is -0.493 e. The third-order valence-electron chi connectivity index (χ3n) is 3.77. The van der Waals surface area contributed by atoms with E-state index in [0.29, 0.717) is 27.8 Å². The number of H-pyrrole nitrogens is 1. The van der Waals surface area contributed by atoms with Crippen molar-refractivity contribution in [2.45, 2.75) is 0 Å². The van der Waals surface area contributed by atoms with Gasteiger partial charge in [-0.15, -0.1) is 0 Å². The molecule has 2 N–H and O–H groups in total. The molecule has 8 heteroatoms. The van der Waals surface area contributed by atoms with Crippen LogP contribution in [0.25, 0.3) is 11.3 Å². The number of hydrazone groups is 1. The van der Waals surface area contributed by atoms with Gasteiger partial charge in [0.15, 0.2) is 11.5 Å². The van der Waals surface area contributed by atoms with E-state index in [2.05, 4.69) is 20.7 Å². The first-order chi connectivity index (χ1) is 13.1. The number of halogens is 1. The number of benzene rings is 2. The highest BCUT2D eigenvalue weighted by Crippen LogP contribution is 2.29. The van der Waals surface area contributed by atoms with Crippen LogP contribution in [0.4, 0.5) is 0 Å². The number of nitrogens with zero attached hydrogens (tertiary/aromatic N) is 2. The van der Waals surface area contributed by atoms with Crippen LogP contribution in [0.5, 0.6) is 11.5 Å². The number of hydrogen-bond acceptors (Lipinski definition) is 5. The number of nitrogens with one attached hydrogen (secondary N) is 2. The molecule has 27 heavy (non-hydrogen) atoms. The molecular formula is C19H17ClN4O3. The number of rotatable bonds is 6. The minimum absolute atomic E-state index is 0.287. The quantitative estimate of drug-likeness (QED) is 0.502. The molecule has 0 saturated heterocycles. The zero-order valence-electron chi connectivity index (χ0n) is 14.7. The van der Waals surface area contributed by atoms with Crippen molar-refractivity contribution in [2.75, 3.05) is 14.2 Å². The summed E-state index contributed by atoms with van der Waals surface area (Å²) in [6.45, 7) is 0. The van der Waals surface area contributed by atoms with Crippen LogP contribution in [0, 0.1) is 0 Å². The van der Waals surface area contributed by atoms with Crippen LogP contribution in [0.2, 0.25) is 5.02 Å². The molecule has 1 amide bonds. The summed E-state index contributed by atoms with van der Waals surface area (Å²) < 4.78 is 10.5. The van der Waals surface area contributed by atoms with Crippen LogP contribution >= 0.6 is 11.6 Å². The van der Waals surface area contributed by atoms with Gasteiger partial charge in [-0.25, -0.2) is 5.43 Å². The van der Waals surface area contributed by atoms with Gasteiger partial charge in [-0.2, -0.15) is 10.2 Å². The van der Waals surface area contributed by atoms with Crippen LogP contribution < -0.4 is 14.9 Å². The van der Waals surface area contributed by atoms with Crippen LogP contribution in [0.1, 0.15) is 16.1 Å². The molecule has 1 aromatic heterocycles. The van der Waals surface area contributed by atoms with Gasteiger partial charge >= 0.3 is 0 Å². The summed E-state index contributed by atoms with van der Waals surface area (Å²) in [5, 5.41) is 11.4. The van der Waals surface area contributed by atoms with E-state index >= 15 is 0 Å². The standard InChI is InChI=1S/C19H17ClN4O3/c1-26-17-5-3-4-13(18(17)27-2)11-21-24-19(25)16-10-15(22-23-16)12-6-8-14(20)9-7-12/h3-11H,1-2H3,(H,22,23)(H,24,25). The number of amides is 1. The minimum atomic E-state index is -0.416. The zero-order valence-corrected chi connectivity index (χ0v) is 15.4. The Morgan fingerprint density at radius 2 is 1.96 bits per heavy atom. The Labute approximate surface area is 161 Å². The van der Waals surface area contributed by atoms with Gasteiger partial charge in [-0.1, -0.05) is 29.8 Å². The third kappa shape index (κ3) is 4.27. The van der Waals surface area contributed by atoms with E-state index in [1.165, 1.54) is 13.3 Å². The molecule has 1 heterocycles. The number of carbonyl (C=O) groups is 1. The molecule has 0 unspecified atom stereocenters. The van der Waals surface area contributed by atoms with Crippen molar-refractivity contribution in [2.24, 2.45) is 5.10 Å². The number of ether oxygens (including phenoxy) is 2. The summed E-state index contributed by atoms with van der Waals surface area (Å²) in [6, 6.07) is 14.2. The van der Waals surface area contributed by atoms with E-state index in [1.54, 1.807) is 43.5 Å². The first-order valence-electron chi connectivity index (χ1n) is 7.98. The van der Waals surface area contributed by atoms with Crippen molar-refractivity contribution >= 4 is 23.7 Å². The molecule has 0 radical (unpaired) electrons. The number of aromatic nitrogens is 2. The highest BCUT2D eigenvalue weighted by molar-refractivity contribution is 6.30. The highest BCUT2D eigenvalue weighted by Gasteiger charge is 2.11. The third-order valence-corrected chi connectivity index (χ3v) is 4.02. The van der Waals surface area contributed by atoms with E-state index in [4.69, 9.17) is 21.1 Å². The number of carbonyl (C=O) groups excluding carboxylic acids is 1. The van der Waals surface area contributed by atoms with E-state index < -0.39 is 5.91 Å². The lowest BCUT2D eigenvalue weighted by Gasteiger charge is -2.09. The lowest BCUT2D eigenvalue weighted by molar-refractivity contribution is 0.0950. The molecule has 0 aliphatic rings. The van der Waals surface area contributed by atoms with Crippen molar-refractivity contribution in [1.29, 1.82) is 0 Å². The summed E-state index contributed by atoms with van der Waals surface area (Å²) in [5.41, 5.74) is 4.89. The van der Waals surface area contributed by atoms with Gasteiger partial charge in [0.1, 0.15) is 5.69 Å². The first-order valence-corrected chi connectivity index (χ1v) is 8.36. The maximum atomic E-state index is 12.2. The topological polar surface area (TPSA) is 88.6 Å². The predicted octanol–water partition coefficient (Wildman–Crippen LogP) is 3.51. The molecule has 0 atom stereocenters. The summed E-state index contributed by atoms with van der Waals surface area (Å²) >= 11 is 5.88. The second-order valence-corrected chi connectivity index (χ2v) is 5.89. The van der Waals surface area contributed by atoms with Gasteiger partial charge < -0.3 is 9.47 Å². The molecule has 0 aliphatic carbocycles. The smallest absolute Gasteiger partial charge is 0.289 e. The second-order valence-electron chi connectivity index (χ2n) is 5.46.